The average molecular weight is 247 g/mol. The van der Waals surface area contributed by atoms with Gasteiger partial charge in [-0.25, -0.2) is 0 Å². The van der Waals surface area contributed by atoms with Gasteiger partial charge in [-0.3, -0.25) is 0 Å². The van der Waals surface area contributed by atoms with Crippen molar-refractivity contribution < 1.29 is 24.8 Å². The molecule has 0 aromatic rings. The first kappa shape index (κ1) is 13.2. The molecule has 2 heterocycles. The third kappa shape index (κ3) is 2.21. The van der Waals surface area contributed by atoms with Crippen molar-refractivity contribution in [3.05, 3.63) is 0 Å². The number of fused-ring (bicyclic) bond motifs is 3. The fourth-order valence-corrected chi connectivity index (χ4v) is 2.38. The maximum atomic E-state index is 9.99. The van der Waals surface area contributed by atoms with Crippen LogP contribution in [-0.2, 0) is 9.47 Å². The Morgan fingerprint density at radius 2 is 2.00 bits per heavy atom. The molecule has 3 aliphatic rings. The molecule has 0 radical (unpaired) electrons. The zero-order valence-electron chi connectivity index (χ0n) is 10.3. The van der Waals surface area contributed by atoms with Crippen molar-refractivity contribution in [2.45, 2.75) is 36.4 Å². The minimum Gasteiger partial charge on any atom is -0.387 e. The maximum absolute atomic E-state index is 9.99. The van der Waals surface area contributed by atoms with E-state index in [0.717, 1.165) is 0 Å². The maximum Gasteiger partial charge on any atom is 0.197 e. The minimum absolute atomic E-state index is 0.00713. The molecule has 6 nitrogen and oxygen atoms in total. The number of nitrogens with zero attached hydrogens (tertiary/aromatic N) is 1. The monoisotopic (exact) mass is 247 g/mol. The molecule has 4 atom stereocenters. The Morgan fingerprint density at radius 3 is 2.53 bits per heavy atom. The summed E-state index contributed by atoms with van der Waals surface area (Å²) in [6, 6.07) is 0. The van der Waals surface area contributed by atoms with Gasteiger partial charge in [0.2, 0.25) is 0 Å². The van der Waals surface area contributed by atoms with E-state index < -0.39 is 23.6 Å². The fraction of sp³-hybridized carbons (Fsp3) is 1.00. The second-order valence-corrected chi connectivity index (χ2v) is 5.25. The minimum atomic E-state index is -1.33. The van der Waals surface area contributed by atoms with E-state index in [-0.39, 0.29) is 6.61 Å². The Morgan fingerprint density at radius 1 is 1.29 bits per heavy atom. The van der Waals surface area contributed by atoms with Gasteiger partial charge in [-0.05, 0) is 20.5 Å². The van der Waals surface area contributed by atoms with Crippen LogP contribution in [0.25, 0.3) is 0 Å². The summed E-state index contributed by atoms with van der Waals surface area (Å²) in [4.78, 5) is 1.96. The van der Waals surface area contributed by atoms with Crippen molar-refractivity contribution >= 4 is 0 Å². The van der Waals surface area contributed by atoms with Gasteiger partial charge in [0.1, 0.15) is 17.8 Å². The van der Waals surface area contributed by atoms with Crippen LogP contribution in [0.2, 0.25) is 0 Å². The summed E-state index contributed by atoms with van der Waals surface area (Å²) in [5.74, 6) is -1.15. The molecule has 17 heavy (non-hydrogen) atoms. The van der Waals surface area contributed by atoms with E-state index in [1.807, 2.05) is 19.0 Å². The van der Waals surface area contributed by atoms with E-state index in [0.29, 0.717) is 26.0 Å². The van der Waals surface area contributed by atoms with Crippen LogP contribution in [0.15, 0.2) is 0 Å². The van der Waals surface area contributed by atoms with Gasteiger partial charge < -0.3 is 29.7 Å². The molecule has 0 aromatic heterocycles. The lowest BCUT2D eigenvalue weighted by molar-refractivity contribution is -0.390. The van der Waals surface area contributed by atoms with Gasteiger partial charge in [0, 0.05) is 13.0 Å². The molecular weight excluding hydrogens is 226 g/mol. The molecule has 2 saturated heterocycles. The summed E-state index contributed by atoms with van der Waals surface area (Å²) in [5.41, 5.74) is -1.33. The normalized spacial score (nSPS) is 45.5. The van der Waals surface area contributed by atoms with Crippen molar-refractivity contribution in [1.29, 1.82) is 0 Å². The van der Waals surface area contributed by atoms with Gasteiger partial charge in [-0.1, -0.05) is 0 Å². The van der Waals surface area contributed by atoms with Crippen molar-refractivity contribution in [1.82, 2.24) is 4.90 Å². The summed E-state index contributed by atoms with van der Waals surface area (Å²) in [6.07, 6.45) is -1.62. The van der Waals surface area contributed by atoms with Crippen LogP contribution >= 0.6 is 0 Å². The zero-order chi connectivity index (χ0) is 12.7. The number of likely N-dealkylation sites (N-methyl/N-ethyl adjacent to an activating group) is 1. The highest BCUT2D eigenvalue weighted by atomic mass is 16.7. The average Bonchev–Trinajstić information content (AvgIpc) is 2.28. The summed E-state index contributed by atoms with van der Waals surface area (Å²) in [5, 5.41) is 29.8. The number of aliphatic hydroxyl groups excluding tert-OH is 2. The van der Waals surface area contributed by atoms with E-state index in [2.05, 4.69) is 0 Å². The molecule has 1 aliphatic carbocycles. The predicted octanol–water partition coefficient (Wildman–Crippen LogP) is -1.46. The molecule has 3 rings (SSSR count). The van der Waals surface area contributed by atoms with Gasteiger partial charge in [0.05, 0.1) is 13.2 Å². The van der Waals surface area contributed by atoms with Crippen LogP contribution in [0.5, 0.6) is 0 Å². The molecule has 1 saturated carbocycles. The molecule has 6 heteroatoms. The fourth-order valence-electron chi connectivity index (χ4n) is 2.38. The van der Waals surface area contributed by atoms with E-state index >= 15 is 0 Å². The van der Waals surface area contributed by atoms with Gasteiger partial charge in [-0.15, -0.1) is 0 Å². The third-order valence-corrected chi connectivity index (χ3v) is 3.66. The van der Waals surface area contributed by atoms with E-state index in [4.69, 9.17) is 9.47 Å². The summed E-state index contributed by atoms with van der Waals surface area (Å²) >= 11 is 0. The van der Waals surface area contributed by atoms with E-state index in [1.54, 1.807) is 0 Å². The Bertz CT molecular complexity index is 275. The molecule has 0 amide bonds. The first-order valence-corrected chi connectivity index (χ1v) is 5.91. The smallest absolute Gasteiger partial charge is 0.197 e. The largest absolute Gasteiger partial charge is 0.387 e. The van der Waals surface area contributed by atoms with Crippen molar-refractivity contribution in [3.63, 3.8) is 0 Å². The van der Waals surface area contributed by atoms with Crippen LogP contribution in [0, 0.1) is 0 Å². The second-order valence-electron chi connectivity index (χ2n) is 5.25. The molecule has 3 N–H and O–H groups in total. The van der Waals surface area contributed by atoms with Gasteiger partial charge in [0.15, 0.2) is 5.79 Å². The SMILES string of the molecule is CN(C)CCO[C@@]12CCC(O)(CO1)C(O)[C@@H]2O. The predicted molar refractivity (Wildman–Crippen MR) is 59.4 cm³/mol. The highest BCUT2D eigenvalue weighted by molar-refractivity contribution is 5.07. The number of hydrogen-bond acceptors (Lipinski definition) is 6. The molecule has 3 fully saturated rings. The first-order chi connectivity index (χ1) is 7.90. The van der Waals surface area contributed by atoms with Gasteiger partial charge >= 0.3 is 0 Å². The highest BCUT2D eigenvalue weighted by Crippen LogP contribution is 2.44. The van der Waals surface area contributed by atoms with Crippen LogP contribution in [-0.4, -0.2) is 77.7 Å². The number of ether oxygens (including phenoxy) is 2. The van der Waals surface area contributed by atoms with E-state index in [1.165, 1.54) is 0 Å². The molecule has 2 bridgehead atoms. The standard InChI is InChI=1S/C11H21NO5/c1-12(2)5-6-16-11-4-3-10(15,7-17-11)8(13)9(11)14/h8-9,13-15H,3-7H2,1-2H3/t8?,9-,10?,11-/m0/s1. The highest BCUT2D eigenvalue weighted by Gasteiger charge is 2.61. The van der Waals surface area contributed by atoms with E-state index in [9.17, 15) is 15.3 Å². The van der Waals surface area contributed by atoms with Crippen molar-refractivity contribution in [2.24, 2.45) is 0 Å². The lowest BCUT2D eigenvalue weighted by Gasteiger charge is -2.55. The topological polar surface area (TPSA) is 82.4 Å². The lowest BCUT2D eigenvalue weighted by atomic mass is 9.74. The lowest BCUT2D eigenvalue weighted by Crippen LogP contribution is -2.72. The Hall–Kier alpha value is -0.240. The van der Waals surface area contributed by atoms with Gasteiger partial charge in [0.25, 0.3) is 0 Å². The number of rotatable bonds is 4. The Balaban J connectivity index is 2.00. The van der Waals surface area contributed by atoms with Crippen LogP contribution < -0.4 is 0 Å². The molecule has 2 unspecified atom stereocenters. The van der Waals surface area contributed by atoms with Crippen molar-refractivity contribution in [3.8, 4) is 0 Å². The third-order valence-electron chi connectivity index (χ3n) is 3.66. The molecule has 0 aromatic carbocycles. The summed E-state index contributed by atoms with van der Waals surface area (Å²) < 4.78 is 11.0. The zero-order valence-corrected chi connectivity index (χ0v) is 10.3. The number of aliphatic hydroxyl groups is 3. The van der Waals surface area contributed by atoms with Gasteiger partial charge in [-0.2, -0.15) is 0 Å². The van der Waals surface area contributed by atoms with Crippen LogP contribution in [0.3, 0.4) is 0 Å². The Kier molecular flexibility index (Phi) is 3.46. The molecule has 0 spiro atoms. The summed E-state index contributed by atoms with van der Waals surface area (Å²) in [7, 11) is 3.85. The van der Waals surface area contributed by atoms with Crippen molar-refractivity contribution in [2.75, 3.05) is 33.9 Å². The first-order valence-electron chi connectivity index (χ1n) is 5.91. The van der Waals surface area contributed by atoms with Crippen LogP contribution in [0.1, 0.15) is 12.8 Å². The quantitative estimate of drug-likeness (QED) is 0.563. The summed E-state index contributed by atoms with van der Waals surface area (Å²) in [6.45, 7) is 1.13. The number of hydrogen-bond donors (Lipinski definition) is 3. The second kappa shape index (κ2) is 4.46. The molecular formula is C11H21NO5. The Labute approximate surface area is 101 Å². The molecule has 2 aliphatic heterocycles. The van der Waals surface area contributed by atoms with Crippen LogP contribution in [0.4, 0.5) is 0 Å². The molecule has 100 valence electrons.